The summed E-state index contributed by atoms with van der Waals surface area (Å²) < 4.78 is 0. The summed E-state index contributed by atoms with van der Waals surface area (Å²) >= 11 is 3.22. The molecule has 1 N–H and O–H groups in total. The van der Waals surface area contributed by atoms with Crippen LogP contribution in [0.25, 0.3) is 0 Å². The largest absolute Gasteiger partial charge is 0.382 e. The van der Waals surface area contributed by atoms with E-state index in [0.29, 0.717) is 0 Å². The fourth-order valence-corrected chi connectivity index (χ4v) is 2.64. The fourth-order valence-electron chi connectivity index (χ4n) is 1.28. The molecule has 0 radical (unpaired) electrons. The van der Waals surface area contributed by atoms with Gasteiger partial charge in [0.1, 0.15) is 6.10 Å². The molecule has 1 atom stereocenters. The summed E-state index contributed by atoms with van der Waals surface area (Å²) in [5.41, 5.74) is 1.70. The number of aryl methyl sites for hydroxylation is 2. The van der Waals surface area contributed by atoms with Gasteiger partial charge in [0.05, 0.1) is 10.7 Å². The third kappa shape index (κ3) is 1.87. The summed E-state index contributed by atoms with van der Waals surface area (Å²) in [5, 5.41) is 14.9. The van der Waals surface area contributed by atoms with Gasteiger partial charge in [0.2, 0.25) is 0 Å². The predicted molar refractivity (Wildman–Crippen MR) is 60.0 cm³/mol. The zero-order chi connectivity index (χ0) is 10.1. The van der Waals surface area contributed by atoms with Crippen LogP contribution in [0.2, 0.25) is 0 Å². The summed E-state index contributed by atoms with van der Waals surface area (Å²) in [7, 11) is 0. The number of nitrogens with zero attached hydrogens (tertiary/aromatic N) is 1. The maximum atomic E-state index is 9.97. The van der Waals surface area contributed by atoms with E-state index >= 15 is 0 Å². The van der Waals surface area contributed by atoms with E-state index in [9.17, 15) is 5.11 Å². The van der Waals surface area contributed by atoms with Crippen molar-refractivity contribution in [3.8, 4) is 0 Å². The highest BCUT2D eigenvalue weighted by Gasteiger charge is 2.14. The Hall–Kier alpha value is -0.710. The number of thiophene rings is 1. The molecule has 0 aliphatic carbocycles. The summed E-state index contributed by atoms with van der Waals surface area (Å²) in [6.07, 6.45) is -0.565. The van der Waals surface area contributed by atoms with Gasteiger partial charge >= 0.3 is 0 Å². The molecule has 2 aromatic heterocycles. The summed E-state index contributed by atoms with van der Waals surface area (Å²) in [5.74, 6) is 0. The van der Waals surface area contributed by atoms with Crippen LogP contribution in [0, 0.1) is 13.8 Å². The van der Waals surface area contributed by atoms with Crippen LogP contribution >= 0.6 is 22.7 Å². The molecule has 2 nitrogen and oxygen atoms in total. The van der Waals surface area contributed by atoms with E-state index in [1.165, 1.54) is 4.88 Å². The Morgan fingerprint density at radius 1 is 1.29 bits per heavy atom. The molecule has 0 aromatic carbocycles. The van der Waals surface area contributed by atoms with Crippen LogP contribution < -0.4 is 0 Å². The molecule has 0 fully saturated rings. The lowest BCUT2D eigenvalue weighted by atomic mass is 10.1. The lowest BCUT2D eigenvalue weighted by Gasteiger charge is -2.03. The smallest absolute Gasteiger partial charge is 0.123 e. The summed E-state index contributed by atoms with van der Waals surface area (Å²) in [6, 6.07) is 2.00. The maximum absolute atomic E-state index is 9.97. The number of hydrogen-bond acceptors (Lipinski definition) is 4. The van der Waals surface area contributed by atoms with Crippen molar-refractivity contribution in [3.63, 3.8) is 0 Å². The molecule has 0 amide bonds. The van der Waals surface area contributed by atoms with E-state index in [1.807, 2.05) is 30.7 Å². The van der Waals surface area contributed by atoms with Gasteiger partial charge in [-0.1, -0.05) is 0 Å². The molecule has 0 aliphatic rings. The molecule has 0 bridgehead atoms. The number of aliphatic hydroxyl groups excluding tert-OH is 1. The minimum absolute atomic E-state index is 0.565. The van der Waals surface area contributed by atoms with Crippen molar-refractivity contribution in [2.24, 2.45) is 0 Å². The van der Waals surface area contributed by atoms with Crippen molar-refractivity contribution < 1.29 is 5.11 Å². The second-order valence-electron chi connectivity index (χ2n) is 3.18. The van der Waals surface area contributed by atoms with E-state index in [0.717, 1.165) is 16.3 Å². The van der Waals surface area contributed by atoms with E-state index in [1.54, 1.807) is 22.7 Å². The van der Waals surface area contributed by atoms with Crippen molar-refractivity contribution >= 4 is 22.7 Å². The lowest BCUT2D eigenvalue weighted by Crippen LogP contribution is -1.98. The van der Waals surface area contributed by atoms with Gasteiger partial charge in [0, 0.05) is 10.3 Å². The number of rotatable bonds is 2. The van der Waals surface area contributed by atoms with Crippen LogP contribution in [-0.2, 0) is 0 Å². The van der Waals surface area contributed by atoms with E-state index in [-0.39, 0.29) is 0 Å². The highest BCUT2D eigenvalue weighted by Crippen LogP contribution is 2.26. The average molecular weight is 225 g/mol. The van der Waals surface area contributed by atoms with Gasteiger partial charge in [-0.2, -0.15) is 0 Å². The van der Waals surface area contributed by atoms with Gasteiger partial charge in [0.15, 0.2) is 0 Å². The quantitative estimate of drug-likeness (QED) is 0.852. The molecule has 0 saturated carbocycles. The Kier molecular flexibility index (Phi) is 2.67. The first-order valence-electron chi connectivity index (χ1n) is 4.32. The number of hydrogen-bond donors (Lipinski definition) is 1. The minimum atomic E-state index is -0.565. The zero-order valence-corrected chi connectivity index (χ0v) is 9.65. The van der Waals surface area contributed by atoms with Crippen molar-refractivity contribution in [1.82, 2.24) is 4.98 Å². The molecule has 1 unspecified atom stereocenters. The zero-order valence-electron chi connectivity index (χ0n) is 8.02. The molecule has 2 rings (SSSR count). The summed E-state index contributed by atoms with van der Waals surface area (Å²) in [6.45, 7) is 3.98. The molecular formula is C10H11NOS2. The third-order valence-electron chi connectivity index (χ3n) is 1.98. The normalized spacial score (nSPS) is 13.1. The molecule has 4 heteroatoms. The van der Waals surface area contributed by atoms with Crippen LogP contribution in [0.1, 0.15) is 27.2 Å². The highest BCUT2D eigenvalue weighted by atomic mass is 32.1. The fraction of sp³-hybridized carbons (Fsp3) is 0.300. The van der Waals surface area contributed by atoms with E-state index in [4.69, 9.17) is 0 Å². The second-order valence-corrected chi connectivity index (χ2v) is 5.36. The molecule has 74 valence electrons. The Morgan fingerprint density at radius 3 is 2.57 bits per heavy atom. The van der Waals surface area contributed by atoms with Crippen LogP contribution in [0.15, 0.2) is 16.8 Å². The van der Waals surface area contributed by atoms with Crippen LogP contribution in [0.3, 0.4) is 0 Å². The van der Waals surface area contributed by atoms with Gasteiger partial charge < -0.3 is 5.11 Å². The maximum Gasteiger partial charge on any atom is 0.123 e. The van der Waals surface area contributed by atoms with Gasteiger partial charge in [0.25, 0.3) is 0 Å². The first-order chi connectivity index (χ1) is 6.66. The molecular weight excluding hydrogens is 214 g/mol. The van der Waals surface area contributed by atoms with Crippen molar-refractivity contribution in [3.05, 3.63) is 38.0 Å². The van der Waals surface area contributed by atoms with Gasteiger partial charge in [-0.05, 0) is 30.9 Å². The number of thiazole rings is 1. The molecule has 2 aromatic rings. The third-order valence-corrected chi connectivity index (χ3v) is 3.65. The van der Waals surface area contributed by atoms with E-state index in [2.05, 4.69) is 4.98 Å². The Labute approximate surface area is 90.9 Å². The Bertz CT molecular complexity index is 393. The topological polar surface area (TPSA) is 33.1 Å². The van der Waals surface area contributed by atoms with Gasteiger partial charge in [-0.3, -0.25) is 0 Å². The Balaban J connectivity index is 2.28. The van der Waals surface area contributed by atoms with Gasteiger partial charge in [-0.25, -0.2) is 4.98 Å². The van der Waals surface area contributed by atoms with Crippen LogP contribution in [0.5, 0.6) is 0 Å². The molecule has 0 saturated heterocycles. The Morgan fingerprint density at radius 2 is 2.07 bits per heavy atom. The average Bonchev–Trinajstić information content (AvgIpc) is 2.73. The number of aliphatic hydroxyl groups is 1. The van der Waals surface area contributed by atoms with Crippen molar-refractivity contribution in [2.45, 2.75) is 20.0 Å². The standard InChI is InChI=1S/C10H11NOS2/c1-6-3-8(4-13-6)10(12)9-5-14-7(2)11-9/h3-5,10,12H,1-2H3. The first-order valence-corrected chi connectivity index (χ1v) is 6.08. The van der Waals surface area contributed by atoms with Crippen molar-refractivity contribution in [2.75, 3.05) is 0 Å². The second kappa shape index (κ2) is 3.81. The van der Waals surface area contributed by atoms with Crippen LogP contribution in [-0.4, -0.2) is 10.1 Å². The molecule has 0 spiro atoms. The lowest BCUT2D eigenvalue weighted by molar-refractivity contribution is 0.216. The molecule has 2 heterocycles. The summed E-state index contributed by atoms with van der Waals surface area (Å²) in [4.78, 5) is 5.48. The van der Waals surface area contributed by atoms with E-state index < -0.39 is 6.10 Å². The minimum Gasteiger partial charge on any atom is -0.382 e. The monoisotopic (exact) mass is 225 g/mol. The molecule has 14 heavy (non-hydrogen) atoms. The highest BCUT2D eigenvalue weighted by molar-refractivity contribution is 7.10. The SMILES string of the molecule is Cc1cc(C(O)c2csc(C)n2)cs1. The predicted octanol–water partition coefficient (Wildman–Crippen LogP) is 2.90. The first kappa shape index (κ1) is 9.83. The molecule has 0 aliphatic heterocycles. The van der Waals surface area contributed by atoms with Crippen LogP contribution in [0.4, 0.5) is 0 Å². The number of aromatic nitrogens is 1. The van der Waals surface area contributed by atoms with Crippen molar-refractivity contribution in [1.29, 1.82) is 0 Å². The van der Waals surface area contributed by atoms with Gasteiger partial charge in [-0.15, -0.1) is 22.7 Å².